The first-order valence-electron chi connectivity index (χ1n) is 10.9. The van der Waals surface area contributed by atoms with Crippen LogP contribution in [0.25, 0.3) is 22.5 Å². The zero-order valence-corrected chi connectivity index (χ0v) is 19.5. The average molecular weight is 499 g/mol. The van der Waals surface area contributed by atoms with Gasteiger partial charge in [-0.2, -0.15) is 4.39 Å². The van der Waals surface area contributed by atoms with Crippen molar-refractivity contribution < 1.29 is 28.2 Å². The van der Waals surface area contributed by atoms with Gasteiger partial charge in [0, 0.05) is 29.9 Å². The number of methoxy groups -OCH3 is 1. The number of hydrogen-bond donors (Lipinski definition) is 2. The molecule has 35 heavy (non-hydrogen) atoms. The summed E-state index contributed by atoms with van der Waals surface area (Å²) in [6.07, 6.45) is 0. The van der Waals surface area contributed by atoms with Crippen LogP contribution in [0.4, 0.5) is 20.2 Å². The van der Waals surface area contributed by atoms with E-state index in [1.165, 1.54) is 13.2 Å². The number of morpholine rings is 1. The number of nitrogens with zero attached hydrogens (tertiary/aromatic N) is 1. The Kier molecular flexibility index (Phi) is 6.08. The topological polar surface area (TPSA) is 71.0 Å². The summed E-state index contributed by atoms with van der Waals surface area (Å²) in [4.78, 5) is 14.9. The van der Waals surface area contributed by atoms with Gasteiger partial charge in [-0.3, -0.25) is 4.79 Å². The lowest BCUT2D eigenvalue weighted by Gasteiger charge is -2.29. The highest BCUT2D eigenvalue weighted by Crippen LogP contribution is 2.43. The second-order valence-electron chi connectivity index (χ2n) is 8.15. The molecule has 0 aromatic heterocycles. The molecular weight excluding hydrogens is 478 g/mol. The molecule has 3 aromatic rings. The maximum atomic E-state index is 14.6. The van der Waals surface area contributed by atoms with Gasteiger partial charge in [-0.1, -0.05) is 23.7 Å². The molecule has 0 unspecified atom stereocenters. The minimum atomic E-state index is -1.32. The van der Waals surface area contributed by atoms with Crippen LogP contribution < -0.4 is 15.0 Å². The van der Waals surface area contributed by atoms with Gasteiger partial charge in [0.1, 0.15) is 5.76 Å². The lowest BCUT2D eigenvalue weighted by molar-refractivity contribution is -0.110. The van der Waals surface area contributed by atoms with E-state index in [0.717, 1.165) is 30.4 Å². The molecule has 0 atom stereocenters. The fourth-order valence-electron chi connectivity index (χ4n) is 4.33. The fourth-order valence-corrected chi connectivity index (χ4v) is 4.60. The molecule has 180 valence electrons. The second kappa shape index (κ2) is 9.20. The Morgan fingerprint density at radius 2 is 1.77 bits per heavy atom. The molecular formula is C26H21ClF2N2O4. The van der Waals surface area contributed by atoms with Crippen molar-refractivity contribution in [2.45, 2.75) is 0 Å². The number of fused-ring (bicyclic) bond motifs is 1. The average Bonchev–Trinajstić information content (AvgIpc) is 3.19. The van der Waals surface area contributed by atoms with Gasteiger partial charge in [-0.25, -0.2) is 4.39 Å². The number of hydrogen-bond acceptors (Lipinski definition) is 5. The number of anilines is 2. The summed E-state index contributed by atoms with van der Waals surface area (Å²) < 4.78 is 39.1. The van der Waals surface area contributed by atoms with Crippen molar-refractivity contribution in [3.8, 4) is 16.9 Å². The summed E-state index contributed by atoms with van der Waals surface area (Å²) in [5.74, 6) is -4.22. The molecule has 3 aromatic carbocycles. The van der Waals surface area contributed by atoms with Gasteiger partial charge in [0.15, 0.2) is 11.6 Å². The molecule has 1 fully saturated rings. The Balaban J connectivity index is 1.56. The number of aliphatic hydroxyl groups excluding tert-OH is 1. The summed E-state index contributed by atoms with van der Waals surface area (Å²) in [6.45, 7) is 2.97. The van der Waals surface area contributed by atoms with Crippen LogP contribution in [-0.4, -0.2) is 44.4 Å². The maximum absolute atomic E-state index is 14.6. The van der Waals surface area contributed by atoms with Crippen LogP contribution in [0.3, 0.4) is 0 Å². The van der Waals surface area contributed by atoms with Crippen LogP contribution in [0.2, 0.25) is 5.02 Å². The zero-order chi connectivity index (χ0) is 24.7. The van der Waals surface area contributed by atoms with E-state index in [1.807, 2.05) is 24.3 Å². The molecule has 2 aliphatic heterocycles. The van der Waals surface area contributed by atoms with Crippen molar-refractivity contribution in [1.29, 1.82) is 0 Å². The van der Waals surface area contributed by atoms with Crippen LogP contribution in [-0.2, 0) is 9.53 Å². The zero-order valence-electron chi connectivity index (χ0n) is 18.7. The van der Waals surface area contributed by atoms with Crippen molar-refractivity contribution >= 4 is 40.2 Å². The van der Waals surface area contributed by atoms with Gasteiger partial charge >= 0.3 is 0 Å². The van der Waals surface area contributed by atoms with E-state index in [-0.39, 0.29) is 11.3 Å². The van der Waals surface area contributed by atoms with Gasteiger partial charge in [0.25, 0.3) is 5.91 Å². The number of nitrogens with one attached hydrogen (secondary N) is 1. The van der Waals surface area contributed by atoms with E-state index in [1.54, 1.807) is 12.1 Å². The standard InChI is InChI=1S/C26H21ClF2N2O4/c1-34-21-7-6-16(23(28)24(21)29)25(32)22-18-12-17(19(27)13-20(18)30-26(22)33)14-2-4-15(5-3-14)31-8-10-35-11-9-31/h2-7,12-13,32H,8-11H2,1H3,(H,30,33). The number of carbonyl (C=O) groups is 1. The molecule has 0 saturated carbocycles. The number of halogens is 3. The molecule has 5 rings (SSSR count). The number of aliphatic hydroxyl groups is 1. The van der Waals surface area contributed by atoms with Crippen LogP contribution in [0.1, 0.15) is 11.1 Å². The summed E-state index contributed by atoms with van der Waals surface area (Å²) >= 11 is 6.52. The first kappa shape index (κ1) is 23.1. The number of carbonyl (C=O) groups excluding carboxylic acids is 1. The van der Waals surface area contributed by atoms with Gasteiger partial charge in [0.05, 0.1) is 42.2 Å². The van der Waals surface area contributed by atoms with Crippen molar-refractivity contribution in [1.82, 2.24) is 0 Å². The monoisotopic (exact) mass is 498 g/mol. The highest BCUT2D eigenvalue weighted by atomic mass is 35.5. The normalized spacial score (nSPS) is 16.7. The SMILES string of the molecule is COc1ccc(C(O)=C2C(=O)Nc3cc(Cl)c(-c4ccc(N5CCOCC5)cc4)cc32)c(F)c1F. The third kappa shape index (κ3) is 4.09. The van der Waals surface area contributed by atoms with Gasteiger partial charge in [0.2, 0.25) is 5.82 Å². The van der Waals surface area contributed by atoms with E-state index in [4.69, 9.17) is 21.1 Å². The van der Waals surface area contributed by atoms with E-state index >= 15 is 0 Å². The third-order valence-corrected chi connectivity index (χ3v) is 6.48. The van der Waals surface area contributed by atoms with Gasteiger partial charge in [-0.15, -0.1) is 0 Å². The summed E-state index contributed by atoms with van der Waals surface area (Å²) in [6, 6.07) is 13.4. The van der Waals surface area contributed by atoms with Crippen molar-refractivity contribution in [2.75, 3.05) is 43.6 Å². The Bertz CT molecular complexity index is 1350. The Morgan fingerprint density at radius 1 is 1.06 bits per heavy atom. The first-order chi connectivity index (χ1) is 16.9. The van der Waals surface area contributed by atoms with Crippen molar-refractivity contribution in [3.63, 3.8) is 0 Å². The molecule has 6 nitrogen and oxygen atoms in total. The van der Waals surface area contributed by atoms with Gasteiger partial charge < -0.3 is 24.8 Å². The predicted octanol–water partition coefficient (Wildman–Crippen LogP) is 5.51. The molecule has 1 amide bonds. The fraction of sp³-hybridized carbons (Fsp3) is 0.192. The van der Waals surface area contributed by atoms with E-state index < -0.39 is 28.9 Å². The smallest absolute Gasteiger partial charge is 0.260 e. The lowest BCUT2D eigenvalue weighted by Crippen LogP contribution is -2.36. The van der Waals surface area contributed by atoms with E-state index in [9.17, 15) is 18.7 Å². The summed E-state index contributed by atoms with van der Waals surface area (Å²) in [5.41, 5.74) is 2.56. The molecule has 9 heteroatoms. The lowest BCUT2D eigenvalue weighted by atomic mass is 9.96. The first-order valence-corrected chi connectivity index (χ1v) is 11.3. The molecule has 0 aliphatic carbocycles. The predicted molar refractivity (Wildman–Crippen MR) is 131 cm³/mol. The van der Waals surface area contributed by atoms with Crippen molar-refractivity contribution in [2.24, 2.45) is 0 Å². The largest absolute Gasteiger partial charge is 0.506 e. The minimum absolute atomic E-state index is 0.175. The maximum Gasteiger partial charge on any atom is 0.260 e. The molecule has 0 bridgehead atoms. The summed E-state index contributed by atoms with van der Waals surface area (Å²) in [5, 5.41) is 13.9. The molecule has 0 radical (unpaired) electrons. The highest BCUT2D eigenvalue weighted by molar-refractivity contribution is 6.38. The Labute approximate surface area is 205 Å². The molecule has 0 spiro atoms. The highest BCUT2D eigenvalue weighted by Gasteiger charge is 2.31. The number of rotatable bonds is 4. The number of benzene rings is 3. The van der Waals surface area contributed by atoms with Crippen LogP contribution in [0, 0.1) is 11.6 Å². The quantitative estimate of drug-likeness (QED) is 0.367. The van der Waals surface area contributed by atoms with E-state index in [2.05, 4.69) is 10.2 Å². The molecule has 1 saturated heterocycles. The van der Waals surface area contributed by atoms with Crippen LogP contribution >= 0.6 is 11.6 Å². The molecule has 2 heterocycles. The minimum Gasteiger partial charge on any atom is -0.506 e. The van der Waals surface area contributed by atoms with E-state index in [0.29, 0.717) is 35.1 Å². The number of ether oxygens (including phenoxy) is 2. The number of amides is 1. The van der Waals surface area contributed by atoms with Crippen LogP contribution in [0.5, 0.6) is 5.75 Å². The van der Waals surface area contributed by atoms with Crippen molar-refractivity contribution in [3.05, 3.63) is 76.3 Å². The Morgan fingerprint density at radius 3 is 2.46 bits per heavy atom. The summed E-state index contributed by atoms with van der Waals surface area (Å²) in [7, 11) is 1.20. The second-order valence-corrected chi connectivity index (χ2v) is 8.55. The third-order valence-electron chi connectivity index (χ3n) is 6.17. The van der Waals surface area contributed by atoms with Crippen LogP contribution in [0.15, 0.2) is 48.5 Å². The van der Waals surface area contributed by atoms with Gasteiger partial charge in [-0.05, 0) is 42.0 Å². The molecule has 2 N–H and O–H groups in total. The molecule has 2 aliphatic rings. The Hall–Kier alpha value is -3.62.